The SMILES string of the molecule is Cc1cccc(C)c1OCC(=O)N[C@H](C(=O)O)C(C)C. The molecular formula is C15H21NO4. The van der Waals surface area contributed by atoms with Crippen LogP contribution in [0.15, 0.2) is 18.2 Å². The molecule has 0 aromatic heterocycles. The largest absolute Gasteiger partial charge is 0.483 e. The molecule has 0 spiro atoms. The van der Waals surface area contributed by atoms with Crippen molar-refractivity contribution in [2.45, 2.75) is 33.7 Å². The van der Waals surface area contributed by atoms with E-state index in [-0.39, 0.29) is 12.5 Å². The number of aryl methyl sites for hydroxylation is 2. The van der Waals surface area contributed by atoms with Crippen LogP contribution in [0.3, 0.4) is 0 Å². The van der Waals surface area contributed by atoms with E-state index in [2.05, 4.69) is 5.32 Å². The molecule has 5 heteroatoms. The molecule has 2 N–H and O–H groups in total. The minimum absolute atomic E-state index is 0.184. The van der Waals surface area contributed by atoms with Crippen LogP contribution in [-0.4, -0.2) is 29.6 Å². The monoisotopic (exact) mass is 279 g/mol. The molecule has 0 bridgehead atoms. The van der Waals surface area contributed by atoms with E-state index in [0.717, 1.165) is 11.1 Å². The Kier molecular flexibility index (Phi) is 5.55. The lowest BCUT2D eigenvalue weighted by atomic mass is 10.1. The van der Waals surface area contributed by atoms with Gasteiger partial charge in [-0.15, -0.1) is 0 Å². The highest BCUT2D eigenvalue weighted by Gasteiger charge is 2.23. The first-order chi connectivity index (χ1) is 9.32. The van der Waals surface area contributed by atoms with Gasteiger partial charge in [0.1, 0.15) is 11.8 Å². The summed E-state index contributed by atoms with van der Waals surface area (Å²) >= 11 is 0. The van der Waals surface area contributed by atoms with Gasteiger partial charge in [0.15, 0.2) is 6.61 Å². The molecule has 0 heterocycles. The van der Waals surface area contributed by atoms with Crippen LogP contribution in [0, 0.1) is 19.8 Å². The Morgan fingerprint density at radius 1 is 1.25 bits per heavy atom. The Labute approximate surface area is 118 Å². The molecule has 1 amide bonds. The Hall–Kier alpha value is -2.04. The molecule has 0 aliphatic heterocycles. The smallest absolute Gasteiger partial charge is 0.326 e. The van der Waals surface area contributed by atoms with Crippen LogP contribution in [0.4, 0.5) is 0 Å². The number of ether oxygens (including phenoxy) is 1. The molecule has 1 atom stereocenters. The number of carboxylic acids is 1. The van der Waals surface area contributed by atoms with Crippen molar-refractivity contribution < 1.29 is 19.4 Å². The highest BCUT2D eigenvalue weighted by Crippen LogP contribution is 2.22. The molecule has 20 heavy (non-hydrogen) atoms. The van der Waals surface area contributed by atoms with E-state index < -0.39 is 17.9 Å². The number of hydrogen-bond donors (Lipinski definition) is 2. The van der Waals surface area contributed by atoms with Crippen LogP contribution in [-0.2, 0) is 9.59 Å². The predicted octanol–water partition coefficient (Wildman–Crippen LogP) is 1.91. The number of aliphatic carboxylic acids is 1. The van der Waals surface area contributed by atoms with Gasteiger partial charge in [0.25, 0.3) is 5.91 Å². The van der Waals surface area contributed by atoms with E-state index in [1.165, 1.54) is 0 Å². The zero-order valence-corrected chi connectivity index (χ0v) is 12.3. The molecule has 0 aliphatic rings. The molecule has 1 rings (SSSR count). The van der Waals surface area contributed by atoms with Crippen molar-refractivity contribution in [3.8, 4) is 5.75 Å². The normalized spacial score (nSPS) is 12.1. The Balaban J connectivity index is 2.62. The third kappa shape index (κ3) is 4.26. The van der Waals surface area contributed by atoms with Crippen LogP contribution in [0.25, 0.3) is 0 Å². The van der Waals surface area contributed by atoms with E-state index in [1.807, 2.05) is 32.0 Å². The minimum Gasteiger partial charge on any atom is -0.483 e. The van der Waals surface area contributed by atoms with Gasteiger partial charge in [-0.2, -0.15) is 0 Å². The fraction of sp³-hybridized carbons (Fsp3) is 0.467. The number of amides is 1. The summed E-state index contributed by atoms with van der Waals surface area (Å²) in [5, 5.41) is 11.5. The molecule has 1 aromatic carbocycles. The van der Waals surface area contributed by atoms with E-state index in [4.69, 9.17) is 9.84 Å². The van der Waals surface area contributed by atoms with Crippen molar-refractivity contribution in [2.75, 3.05) is 6.61 Å². The lowest BCUT2D eigenvalue weighted by molar-refractivity contribution is -0.143. The maximum atomic E-state index is 11.8. The van der Waals surface area contributed by atoms with E-state index in [1.54, 1.807) is 13.8 Å². The summed E-state index contributed by atoms with van der Waals surface area (Å²) in [7, 11) is 0. The van der Waals surface area contributed by atoms with Crippen molar-refractivity contribution in [1.82, 2.24) is 5.32 Å². The molecule has 0 aliphatic carbocycles. The molecule has 110 valence electrons. The van der Waals surface area contributed by atoms with Crippen molar-refractivity contribution in [3.63, 3.8) is 0 Å². The van der Waals surface area contributed by atoms with Crippen LogP contribution >= 0.6 is 0 Å². The number of nitrogens with one attached hydrogen (secondary N) is 1. The summed E-state index contributed by atoms with van der Waals surface area (Å²) in [6.07, 6.45) is 0. The van der Waals surface area contributed by atoms with Gasteiger partial charge in [-0.3, -0.25) is 4.79 Å². The van der Waals surface area contributed by atoms with Crippen LogP contribution in [0.1, 0.15) is 25.0 Å². The third-order valence-corrected chi connectivity index (χ3v) is 3.01. The third-order valence-electron chi connectivity index (χ3n) is 3.01. The summed E-state index contributed by atoms with van der Waals surface area (Å²) in [6, 6.07) is 4.81. The maximum absolute atomic E-state index is 11.8. The number of para-hydroxylation sites is 1. The second kappa shape index (κ2) is 6.93. The molecule has 0 saturated heterocycles. The van der Waals surface area contributed by atoms with Gasteiger partial charge >= 0.3 is 5.97 Å². The Bertz CT molecular complexity index is 476. The van der Waals surface area contributed by atoms with Gasteiger partial charge in [-0.25, -0.2) is 4.79 Å². The molecule has 5 nitrogen and oxygen atoms in total. The van der Waals surface area contributed by atoms with Gasteiger partial charge in [-0.1, -0.05) is 32.0 Å². The van der Waals surface area contributed by atoms with Crippen molar-refractivity contribution in [1.29, 1.82) is 0 Å². The zero-order valence-electron chi connectivity index (χ0n) is 12.3. The lowest BCUT2D eigenvalue weighted by Crippen LogP contribution is -2.46. The zero-order chi connectivity index (χ0) is 15.3. The highest BCUT2D eigenvalue weighted by atomic mass is 16.5. The van der Waals surface area contributed by atoms with Gasteiger partial charge in [0, 0.05) is 0 Å². The van der Waals surface area contributed by atoms with Gasteiger partial charge < -0.3 is 15.2 Å². The number of carbonyl (C=O) groups excluding carboxylic acids is 1. The summed E-state index contributed by atoms with van der Waals surface area (Å²) in [5.41, 5.74) is 1.88. The van der Waals surface area contributed by atoms with Crippen molar-refractivity contribution >= 4 is 11.9 Å². The average Bonchev–Trinajstić information content (AvgIpc) is 2.34. The van der Waals surface area contributed by atoms with Gasteiger partial charge in [0.05, 0.1) is 0 Å². The van der Waals surface area contributed by atoms with Crippen molar-refractivity contribution in [2.24, 2.45) is 5.92 Å². The number of rotatable bonds is 6. The first kappa shape index (κ1) is 16.0. The maximum Gasteiger partial charge on any atom is 0.326 e. The summed E-state index contributed by atoms with van der Waals surface area (Å²) < 4.78 is 5.48. The van der Waals surface area contributed by atoms with Gasteiger partial charge in [0.2, 0.25) is 0 Å². The fourth-order valence-electron chi connectivity index (χ4n) is 1.89. The summed E-state index contributed by atoms with van der Waals surface area (Å²) in [4.78, 5) is 22.8. The summed E-state index contributed by atoms with van der Waals surface area (Å²) in [5.74, 6) is -0.995. The number of carboxylic acid groups (broad SMARTS) is 1. The van der Waals surface area contributed by atoms with Crippen LogP contribution in [0.5, 0.6) is 5.75 Å². The first-order valence-corrected chi connectivity index (χ1v) is 6.54. The second-order valence-electron chi connectivity index (χ2n) is 5.14. The standard InChI is InChI=1S/C15H21NO4/c1-9(2)13(15(18)19)16-12(17)8-20-14-10(3)6-5-7-11(14)4/h5-7,9,13H,8H2,1-4H3,(H,16,17)(H,18,19)/t13-/m0/s1. The Morgan fingerprint density at radius 3 is 2.25 bits per heavy atom. The van der Waals surface area contributed by atoms with Gasteiger partial charge in [-0.05, 0) is 30.9 Å². The Morgan fingerprint density at radius 2 is 1.80 bits per heavy atom. The van der Waals surface area contributed by atoms with Crippen molar-refractivity contribution in [3.05, 3.63) is 29.3 Å². The number of carbonyl (C=O) groups is 2. The molecule has 0 unspecified atom stereocenters. The minimum atomic E-state index is -1.04. The number of benzene rings is 1. The highest BCUT2D eigenvalue weighted by molar-refractivity contribution is 5.84. The predicted molar refractivity (Wildman–Crippen MR) is 75.8 cm³/mol. The average molecular weight is 279 g/mol. The quantitative estimate of drug-likeness (QED) is 0.834. The van der Waals surface area contributed by atoms with Crippen LogP contribution < -0.4 is 10.1 Å². The van der Waals surface area contributed by atoms with E-state index in [0.29, 0.717) is 5.75 Å². The van der Waals surface area contributed by atoms with Crippen LogP contribution in [0.2, 0.25) is 0 Å². The van der Waals surface area contributed by atoms with E-state index in [9.17, 15) is 9.59 Å². The second-order valence-corrected chi connectivity index (χ2v) is 5.14. The lowest BCUT2D eigenvalue weighted by Gasteiger charge is -2.18. The molecule has 1 aromatic rings. The summed E-state index contributed by atoms with van der Waals surface area (Å²) in [6.45, 7) is 7.09. The molecule has 0 saturated carbocycles. The first-order valence-electron chi connectivity index (χ1n) is 6.54. The molecular weight excluding hydrogens is 258 g/mol. The number of hydrogen-bond acceptors (Lipinski definition) is 3. The molecule has 0 radical (unpaired) electrons. The fourth-order valence-corrected chi connectivity index (χ4v) is 1.89. The van der Waals surface area contributed by atoms with E-state index >= 15 is 0 Å². The molecule has 0 fully saturated rings. The topological polar surface area (TPSA) is 75.6 Å².